The Morgan fingerprint density at radius 3 is 2.36 bits per heavy atom. The second-order valence-electron chi connectivity index (χ2n) is 3.85. The maximum absolute atomic E-state index is 6.19. The highest BCUT2D eigenvalue weighted by Crippen LogP contribution is 2.27. The molecule has 0 spiro atoms. The summed E-state index contributed by atoms with van der Waals surface area (Å²) in [6, 6.07) is 1.44. The third-order valence-corrected chi connectivity index (χ3v) is 3.23. The summed E-state index contributed by atoms with van der Waals surface area (Å²) in [5, 5.41) is 4.02. The third-order valence-electron chi connectivity index (χ3n) is 2.71. The summed E-state index contributed by atoms with van der Waals surface area (Å²) in [4.78, 5) is 0. The molecule has 0 radical (unpaired) electrons. The molecule has 2 unspecified atom stereocenters. The molecule has 1 N–H and O–H groups in total. The smallest absolute Gasteiger partial charge is 0.0489 e. The molecule has 2 fully saturated rings. The molecule has 2 rings (SSSR count). The average molecular weight is 174 g/mol. The highest BCUT2D eigenvalue weighted by molar-refractivity contribution is 6.21. The molecule has 0 aliphatic heterocycles. The van der Waals surface area contributed by atoms with Crippen molar-refractivity contribution >= 4 is 11.6 Å². The van der Waals surface area contributed by atoms with Gasteiger partial charge in [0.1, 0.15) is 0 Å². The van der Waals surface area contributed by atoms with E-state index in [9.17, 15) is 0 Å². The quantitative estimate of drug-likeness (QED) is 0.632. The molecule has 0 aromatic heterocycles. The molecule has 64 valence electrons. The first-order valence-electron chi connectivity index (χ1n) is 4.76. The number of hydrogen-bond donors (Lipinski definition) is 1. The molecule has 2 aliphatic rings. The Bertz CT molecular complexity index is 134. The molecule has 2 saturated carbocycles. The van der Waals surface area contributed by atoms with Crippen LogP contribution in [0.1, 0.15) is 38.5 Å². The van der Waals surface area contributed by atoms with Crippen molar-refractivity contribution in [1.82, 2.24) is 5.32 Å². The maximum Gasteiger partial charge on any atom is 0.0489 e. The zero-order valence-corrected chi connectivity index (χ0v) is 7.61. The summed E-state index contributed by atoms with van der Waals surface area (Å²) in [7, 11) is 0. The van der Waals surface area contributed by atoms with E-state index in [1.807, 2.05) is 0 Å². The Balaban J connectivity index is 1.78. The van der Waals surface area contributed by atoms with Crippen molar-refractivity contribution in [2.45, 2.75) is 56.0 Å². The van der Waals surface area contributed by atoms with E-state index in [-0.39, 0.29) is 0 Å². The summed E-state index contributed by atoms with van der Waals surface area (Å²) in [6.07, 6.45) is 7.96. The van der Waals surface area contributed by atoms with Crippen molar-refractivity contribution in [3.05, 3.63) is 0 Å². The van der Waals surface area contributed by atoms with Crippen LogP contribution in [-0.4, -0.2) is 17.5 Å². The first-order chi connectivity index (χ1) is 5.36. The minimum atomic E-state index is 0.407. The van der Waals surface area contributed by atoms with Crippen molar-refractivity contribution in [2.75, 3.05) is 0 Å². The van der Waals surface area contributed by atoms with Crippen molar-refractivity contribution in [3.8, 4) is 0 Å². The van der Waals surface area contributed by atoms with Crippen LogP contribution in [0, 0.1) is 0 Å². The molecule has 0 amide bonds. The highest BCUT2D eigenvalue weighted by atomic mass is 35.5. The van der Waals surface area contributed by atoms with E-state index < -0.39 is 0 Å². The van der Waals surface area contributed by atoms with Gasteiger partial charge < -0.3 is 5.32 Å². The fourth-order valence-corrected chi connectivity index (χ4v) is 2.18. The van der Waals surface area contributed by atoms with Crippen LogP contribution in [0.5, 0.6) is 0 Å². The normalized spacial score (nSPS) is 39.0. The number of rotatable bonds is 2. The lowest BCUT2D eigenvalue weighted by molar-refractivity contribution is 0.377. The van der Waals surface area contributed by atoms with Gasteiger partial charge in [-0.1, -0.05) is 12.8 Å². The van der Waals surface area contributed by atoms with E-state index in [4.69, 9.17) is 11.6 Å². The number of halogens is 1. The largest absolute Gasteiger partial charge is 0.310 e. The van der Waals surface area contributed by atoms with Crippen LogP contribution in [0.2, 0.25) is 0 Å². The zero-order chi connectivity index (χ0) is 7.68. The SMILES string of the molecule is ClC1CCCCC1NC1CC1. The lowest BCUT2D eigenvalue weighted by atomic mass is 9.95. The van der Waals surface area contributed by atoms with E-state index in [1.54, 1.807) is 0 Å². The summed E-state index contributed by atoms with van der Waals surface area (Å²) in [5.41, 5.74) is 0. The molecule has 0 aromatic rings. The van der Waals surface area contributed by atoms with Crippen molar-refractivity contribution in [3.63, 3.8) is 0 Å². The molecule has 2 aliphatic carbocycles. The van der Waals surface area contributed by atoms with Gasteiger partial charge in [-0.2, -0.15) is 0 Å². The first-order valence-corrected chi connectivity index (χ1v) is 5.20. The van der Waals surface area contributed by atoms with Gasteiger partial charge in [-0.25, -0.2) is 0 Å². The van der Waals surface area contributed by atoms with E-state index in [0.717, 1.165) is 6.04 Å². The molecule has 2 atom stereocenters. The Hall–Kier alpha value is 0.250. The molecule has 0 bridgehead atoms. The predicted octanol–water partition coefficient (Wildman–Crippen LogP) is 2.29. The summed E-state index contributed by atoms with van der Waals surface area (Å²) >= 11 is 6.19. The molecule has 11 heavy (non-hydrogen) atoms. The van der Waals surface area contributed by atoms with Crippen LogP contribution < -0.4 is 5.32 Å². The van der Waals surface area contributed by atoms with Crippen LogP contribution in [0.4, 0.5) is 0 Å². The van der Waals surface area contributed by atoms with Crippen molar-refractivity contribution in [1.29, 1.82) is 0 Å². The second-order valence-corrected chi connectivity index (χ2v) is 4.41. The zero-order valence-electron chi connectivity index (χ0n) is 6.85. The van der Waals surface area contributed by atoms with E-state index in [2.05, 4.69) is 5.32 Å². The fourth-order valence-electron chi connectivity index (χ4n) is 1.83. The van der Waals surface area contributed by atoms with Gasteiger partial charge in [0.05, 0.1) is 0 Å². The van der Waals surface area contributed by atoms with E-state index in [0.29, 0.717) is 11.4 Å². The Morgan fingerprint density at radius 2 is 1.73 bits per heavy atom. The first kappa shape index (κ1) is 7.88. The van der Waals surface area contributed by atoms with Crippen LogP contribution in [0.25, 0.3) is 0 Å². The number of alkyl halides is 1. The molecular weight excluding hydrogens is 158 g/mol. The van der Waals surface area contributed by atoms with Crippen LogP contribution in [0.3, 0.4) is 0 Å². The Morgan fingerprint density at radius 1 is 1.00 bits per heavy atom. The molecule has 1 nitrogen and oxygen atoms in total. The Labute approximate surface area is 73.5 Å². The number of hydrogen-bond acceptors (Lipinski definition) is 1. The van der Waals surface area contributed by atoms with Gasteiger partial charge in [0.2, 0.25) is 0 Å². The van der Waals surface area contributed by atoms with E-state index in [1.165, 1.54) is 38.5 Å². The van der Waals surface area contributed by atoms with Crippen LogP contribution in [0.15, 0.2) is 0 Å². The average Bonchev–Trinajstić information content (AvgIpc) is 2.78. The predicted molar refractivity (Wildman–Crippen MR) is 48.1 cm³/mol. The van der Waals surface area contributed by atoms with Crippen molar-refractivity contribution < 1.29 is 0 Å². The van der Waals surface area contributed by atoms with Crippen LogP contribution in [-0.2, 0) is 0 Å². The van der Waals surface area contributed by atoms with Crippen molar-refractivity contribution in [2.24, 2.45) is 0 Å². The minimum absolute atomic E-state index is 0.407. The molecular formula is C9H16ClN. The topological polar surface area (TPSA) is 12.0 Å². The molecule has 2 heteroatoms. The molecule has 0 aromatic carbocycles. The van der Waals surface area contributed by atoms with Gasteiger partial charge in [0.25, 0.3) is 0 Å². The highest BCUT2D eigenvalue weighted by Gasteiger charge is 2.29. The fraction of sp³-hybridized carbons (Fsp3) is 1.00. The van der Waals surface area contributed by atoms with E-state index >= 15 is 0 Å². The van der Waals surface area contributed by atoms with Gasteiger partial charge in [0.15, 0.2) is 0 Å². The number of nitrogens with one attached hydrogen (secondary N) is 1. The lowest BCUT2D eigenvalue weighted by Gasteiger charge is -2.27. The van der Waals surface area contributed by atoms with Gasteiger partial charge in [-0.3, -0.25) is 0 Å². The molecule has 0 heterocycles. The van der Waals surface area contributed by atoms with Crippen LogP contribution >= 0.6 is 11.6 Å². The lowest BCUT2D eigenvalue weighted by Crippen LogP contribution is -2.40. The summed E-state index contributed by atoms with van der Waals surface area (Å²) in [6.45, 7) is 0. The van der Waals surface area contributed by atoms with Gasteiger partial charge in [0, 0.05) is 17.5 Å². The standard InChI is InChI=1S/C9H16ClN/c10-8-3-1-2-4-9(8)11-7-5-6-7/h7-9,11H,1-6H2. The monoisotopic (exact) mass is 173 g/mol. The minimum Gasteiger partial charge on any atom is -0.310 e. The summed E-state index contributed by atoms with van der Waals surface area (Å²) < 4.78 is 0. The summed E-state index contributed by atoms with van der Waals surface area (Å²) in [5.74, 6) is 0. The van der Waals surface area contributed by atoms with Gasteiger partial charge in [-0.15, -0.1) is 11.6 Å². The van der Waals surface area contributed by atoms with Gasteiger partial charge in [-0.05, 0) is 25.7 Å². The van der Waals surface area contributed by atoms with Gasteiger partial charge >= 0.3 is 0 Å². The second kappa shape index (κ2) is 3.32. The molecule has 0 saturated heterocycles. The third kappa shape index (κ3) is 2.09. The Kier molecular flexibility index (Phi) is 2.38. The maximum atomic E-state index is 6.19.